The zero-order valence-corrected chi connectivity index (χ0v) is 15.3. The molecule has 2 aliphatic heterocycles. The highest BCUT2D eigenvalue weighted by atomic mass is 16.7. The van der Waals surface area contributed by atoms with Crippen LogP contribution < -0.4 is 10.2 Å². The molecule has 9 nitrogen and oxygen atoms in total. The maximum Gasteiger partial charge on any atom is 0.293 e. The van der Waals surface area contributed by atoms with E-state index in [9.17, 15) is 14.9 Å². The van der Waals surface area contributed by atoms with Crippen molar-refractivity contribution in [3.8, 4) is 0 Å². The fraction of sp³-hybridized carbons (Fsp3) is 0.421. The van der Waals surface area contributed by atoms with Gasteiger partial charge in [-0.25, -0.2) is 0 Å². The number of nitro benzene ring substituents is 1. The number of rotatable bonds is 5. The molecule has 3 heterocycles. The number of hydrogen-bond donors (Lipinski definition) is 1. The molecule has 9 heteroatoms. The number of amides is 1. The molecule has 0 unspecified atom stereocenters. The summed E-state index contributed by atoms with van der Waals surface area (Å²) in [6, 6.07) is 8.03. The molecule has 2 aromatic rings. The summed E-state index contributed by atoms with van der Waals surface area (Å²) >= 11 is 0. The predicted molar refractivity (Wildman–Crippen MR) is 99.1 cm³/mol. The van der Waals surface area contributed by atoms with E-state index in [2.05, 4.69) is 5.32 Å². The van der Waals surface area contributed by atoms with E-state index >= 15 is 0 Å². The molecule has 2 fully saturated rings. The minimum atomic E-state index is -0.545. The Labute approximate surface area is 161 Å². The van der Waals surface area contributed by atoms with Gasteiger partial charge in [0.1, 0.15) is 11.4 Å². The Hall–Kier alpha value is -2.91. The second-order valence-corrected chi connectivity index (χ2v) is 6.82. The van der Waals surface area contributed by atoms with Crippen molar-refractivity contribution in [2.45, 2.75) is 25.2 Å². The average molecular weight is 387 g/mol. The van der Waals surface area contributed by atoms with E-state index in [1.807, 2.05) is 4.90 Å². The van der Waals surface area contributed by atoms with Gasteiger partial charge >= 0.3 is 0 Å². The highest BCUT2D eigenvalue weighted by Gasteiger charge is 2.40. The zero-order valence-electron chi connectivity index (χ0n) is 15.3. The Bertz CT molecular complexity index is 851. The first kappa shape index (κ1) is 18.5. The topological polar surface area (TPSA) is 107 Å². The van der Waals surface area contributed by atoms with Crippen molar-refractivity contribution < 1.29 is 23.6 Å². The monoisotopic (exact) mass is 387 g/mol. The van der Waals surface area contributed by atoms with E-state index in [1.165, 1.54) is 12.3 Å². The lowest BCUT2D eigenvalue weighted by molar-refractivity contribution is -0.384. The molecule has 28 heavy (non-hydrogen) atoms. The largest absolute Gasteiger partial charge is 0.467 e. The second-order valence-electron chi connectivity index (χ2n) is 6.82. The number of benzene rings is 1. The minimum Gasteiger partial charge on any atom is -0.467 e. The number of nitrogens with zero attached hydrogens (tertiary/aromatic N) is 2. The molecule has 1 spiro atoms. The van der Waals surface area contributed by atoms with Gasteiger partial charge < -0.3 is 24.1 Å². The lowest BCUT2D eigenvalue weighted by Gasteiger charge is -2.38. The summed E-state index contributed by atoms with van der Waals surface area (Å²) in [6.07, 6.45) is 2.82. The lowest BCUT2D eigenvalue weighted by Crippen LogP contribution is -2.45. The summed E-state index contributed by atoms with van der Waals surface area (Å²) < 4.78 is 16.6. The van der Waals surface area contributed by atoms with Gasteiger partial charge in [-0.1, -0.05) is 0 Å². The molecule has 1 N–H and O–H groups in total. The Morgan fingerprint density at radius 3 is 2.61 bits per heavy atom. The smallest absolute Gasteiger partial charge is 0.293 e. The van der Waals surface area contributed by atoms with Crippen molar-refractivity contribution in [3.63, 3.8) is 0 Å². The Morgan fingerprint density at radius 2 is 1.96 bits per heavy atom. The highest BCUT2D eigenvalue weighted by Crippen LogP contribution is 2.36. The maximum atomic E-state index is 12.4. The Balaban J connectivity index is 1.47. The van der Waals surface area contributed by atoms with Gasteiger partial charge in [-0.3, -0.25) is 14.9 Å². The SMILES string of the molecule is O=C(NCc1ccco1)c1ccc(N2CCC3(CC2)OCCO3)c([N+](=O)[O-])c1. The summed E-state index contributed by atoms with van der Waals surface area (Å²) in [6.45, 7) is 2.56. The Kier molecular flexibility index (Phi) is 5.01. The third kappa shape index (κ3) is 3.71. The average Bonchev–Trinajstić information content (AvgIpc) is 3.39. The van der Waals surface area contributed by atoms with E-state index in [1.54, 1.807) is 24.3 Å². The summed E-state index contributed by atoms with van der Waals surface area (Å²) in [5, 5.41) is 14.3. The van der Waals surface area contributed by atoms with Crippen LogP contribution in [-0.2, 0) is 16.0 Å². The number of hydrogen-bond acceptors (Lipinski definition) is 7. The number of anilines is 1. The standard InChI is InChI=1S/C19H21N3O6/c23-18(20-13-15-2-1-9-26-15)14-3-4-16(17(12-14)22(24)25)21-7-5-19(6-8-21)27-10-11-28-19/h1-4,9,12H,5-8,10-11,13H2,(H,20,23). The fourth-order valence-electron chi connectivity index (χ4n) is 3.63. The molecular weight excluding hydrogens is 366 g/mol. The molecule has 148 valence electrons. The molecule has 2 aliphatic rings. The molecule has 1 amide bonds. The van der Waals surface area contributed by atoms with E-state index in [0.29, 0.717) is 50.6 Å². The van der Waals surface area contributed by atoms with Crippen molar-refractivity contribution >= 4 is 17.3 Å². The molecule has 0 radical (unpaired) electrons. The fourth-order valence-corrected chi connectivity index (χ4v) is 3.63. The van der Waals surface area contributed by atoms with Crippen LogP contribution in [0, 0.1) is 10.1 Å². The van der Waals surface area contributed by atoms with E-state index in [-0.39, 0.29) is 17.8 Å². The van der Waals surface area contributed by atoms with E-state index in [4.69, 9.17) is 13.9 Å². The Morgan fingerprint density at radius 1 is 1.21 bits per heavy atom. The van der Waals surface area contributed by atoms with Crippen LogP contribution in [0.25, 0.3) is 0 Å². The molecule has 0 saturated carbocycles. The van der Waals surface area contributed by atoms with Gasteiger partial charge in [0.25, 0.3) is 11.6 Å². The molecule has 0 aliphatic carbocycles. The van der Waals surface area contributed by atoms with E-state index in [0.717, 1.165) is 0 Å². The number of carbonyl (C=O) groups is 1. The maximum absolute atomic E-state index is 12.4. The molecular formula is C19H21N3O6. The third-order valence-electron chi connectivity index (χ3n) is 5.12. The second kappa shape index (κ2) is 7.61. The van der Waals surface area contributed by atoms with Crippen LogP contribution in [0.1, 0.15) is 29.0 Å². The molecule has 1 aromatic heterocycles. The van der Waals surface area contributed by atoms with Crippen molar-refractivity contribution in [2.75, 3.05) is 31.2 Å². The van der Waals surface area contributed by atoms with Gasteiger partial charge in [-0.15, -0.1) is 0 Å². The summed E-state index contributed by atoms with van der Waals surface area (Å²) in [7, 11) is 0. The van der Waals surface area contributed by atoms with Crippen LogP contribution in [0.2, 0.25) is 0 Å². The summed E-state index contributed by atoms with van der Waals surface area (Å²) in [5.74, 6) is -0.328. The van der Waals surface area contributed by atoms with Crippen molar-refractivity contribution in [3.05, 3.63) is 58.0 Å². The van der Waals surface area contributed by atoms with Crippen molar-refractivity contribution in [2.24, 2.45) is 0 Å². The third-order valence-corrected chi connectivity index (χ3v) is 5.12. The van der Waals surface area contributed by atoms with Gasteiger partial charge in [-0.2, -0.15) is 0 Å². The number of piperidine rings is 1. The van der Waals surface area contributed by atoms with Gasteiger partial charge in [-0.05, 0) is 24.3 Å². The van der Waals surface area contributed by atoms with Gasteiger partial charge in [0.05, 0.1) is 30.9 Å². The van der Waals surface area contributed by atoms with Crippen LogP contribution >= 0.6 is 0 Å². The first-order chi connectivity index (χ1) is 13.6. The number of nitrogens with one attached hydrogen (secondary N) is 1. The predicted octanol–water partition coefficient (Wildman–Crippen LogP) is 2.46. The van der Waals surface area contributed by atoms with Crippen LogP contribution in [0.4, 0.5) is 11.4 Å². The zero-order chi connectivity index (χ0) is 19.6. The number of ether oxygens (including phenoxy) is 2. The summed E-state index contributed by atoms with van der Waals surface area (Å²) in [5.41, 5.74) is 0.647. The number of furan rings is 1. The normalized spacial score (nSPS) is 18.4. The number of nitro groups is 1. The van der Waals surface area contributed by atoms with Crippen molar-refractivity contribution in [1.82, 2.24) is 5.32 Å². The van der Waals surface area contributed by atoms with Gasteiger partial charge in [0, 0.05) is 37.6 Å². The highest BCUT2D eigenvalue weighted by molar-refractivity contribution is 5.95. The van der Waals surface area contributed by atoms with Crippen LogP contribution in [0.3, 0.4) is 0 Å². The lowest BCUT2D eigenvalue weighted by atomic mass is 10.0. The van der Waals surface area contributed by atoms with Gasteiger partial charge in [0.15, 0.2) is 5.79 Å². The van der Waals surface area contributed by atoms with Gasteiger partial charge in [0.2, 0.25) is 0 Å². The molecule has 1 aromatic carbocycles. The van der Waals surface area contributed by atoms with Crippen molar-refractivity contribution in [1.29, 1.82) is 0 Å². The first-order valence-electron chi connectivity index (χ1n) is 9.18. The molecule has 4 rings (SSSR count). The minimum absolute atomic E-state index is 0.0881. The van der Waals surface area contributed by atoms with Crippen LogP contribution in [-0.4, -0.2) is 42.9 Å². The number of carbonyl (C=O) groups excluding carboxylic acids is 1. The first-order valence-corrected chi connectivity index (χ1v) is 9.18. The van der Waals surface area contributed by atoms with Crippen LogP contribution in [0.5, 0.6) is 0 Å². The van der Waals surface area contributed by atoms with Crippen LogP contribution in [0.15, 0.2) is 41.0 Å². The van der Waals surface area contributed by atoms with E-state index < -0.39 is 16.6 Å². The molecule has 2 saturated heterocycles. The molecule has 0 bridgehead atoms. The quantitative estimate of drug-likeness (QED) is 0.620. The summed E-state index contributed by atoms with van der Waals surface area (Å²) in [4.78, 5) is 25.5. The molecule has 0 atom stereocenters.